The molecule has 0 aliphatic heterocycles. The molecule has 0 saturated heterocycles. The number of anilines is 1. The zero-order valence-electron chi connectivity index (χ0n) is 11.9. The molecule has 0 bridgehead atoms. The van der Waals surface area contributed by atoms with Gasteiger partial charge in [-0.1, -0.05) is 12.2 Å². The normalized spacial score (nSPS) is 11.5. The minimum absolute atomic E-state index is 0. The van der Waals surface area contributed by atoms with Gasteiger partial charge in [-0.15, -0.1) is 24.0 Å². The molecule has 0 saturated carbocycles. The van der Waals surface area contributed by atoms with Crippen LogP contribution in [0.5, 0.6) is 0 Å². The summed E-state index contributed by atoms with van der Waals surface area (Å²) in [6, 6.07) is 0.811. The van der Waals surface area contributed by atoms with E-state index in [1.807, 2.05) is 6.92 Å². The van der Waals surface area contributed by atoms with E-state index in [0.29, 0.717) is 19.6 Å². The largest absolute Gasteiger partial charge is 0.433 e. The van der Waals surface area contributed by atoms with Crippen LogP contribution in [0.15, 0.2) is 29.4 Å². The first-order valence-corrected chi connectivity index (χ1v) is 6.11. The fraction of sp³-hybridized carbons (Fsp3) is 0.417. The maximum Gasteiger partial charge on any atom is 0.433 e. The van der Waals surface area contributed by atoms with Gasteiger partial charge in [-0.05, 0) is 13.0 Å². The number of guanidine groups is 1. The second kappa shape index (κ2) is 9.43. The lowest BCUT2D eigenvalue weighted by Gasteiger charge is -2.09. The van der Waals surface area contributed by atoms with Crippen LogP contribution in [-0.2, 0) is 6.18 Å². The number of nitrogens with zero attached hydrogens (tertiary/aromatic N) is 3. The summed E-state index contributed by atoms with van der Waals surface area (Å²) in [5.41, 5.74) is 5.45. The first kappa shape index (κ1) is 20.4. The summed E-state index contributed by atoms with van der Waals surface area (Å²) in [6.07, 6.45) is -3.44. The van der Waals surface area contributed by atoms with Crippen molar-refractivity contribution >= 4 is 35.9 Å². The van der Waals surface area contributed by atoms with E-state index < -0.39 is 11.9 Å². The summed E-state index contributed by atoms with van der Waals surface area (Å²) in [4.78, 5) is 11.1. The molecule has 0 spiro atoms. The van der Waals surface area contributed by atoms with Crippen molar-refractivity contribution in [3.63, 3.8) is 0 Å². The summed E-state index contributed by atoms with van der Waals surface area (Å²) in [7, 11) is 0. The zero-order valence-corrected chi connectivity index (χ0v) is 14.3. The van der Waals surface area contributed by atoms with Crippen molar-refractivity contribution in [1.82, 2.24) is 15.3 Å². The number of alkyl halides is 3. The van der Waals surface area contributed by atoms with Gasteiger partial charge in [-0.3, -0.25) is 0 Å². The van der Waals surface area contributed by atoms with Crippen LogP contribution >= 0.6 is 24.0 Å². The van der Waals surface area contributed by atoms with Crippen LogP contribution in [0.2, 0.25) is 0 Å². The number of nitrogens with one attached hydrogen (secondary N) is 2. The lowest BCUT2D eigenvalue weighted by Crippen LogP contribution is -2.35. The van der Waals surface area contributed by atoms with Gasteiger partial charge in [-0.2, -0.15) is 13.2 Å². The highest BCUT2D eigenvalue weighted by atomic mass is 127. The highest BCUT2D eigenvalue weighted by molar-refractivity contribution is 14.0. The Morgan fingerprint density at radius 2 is 2.09 bits per heavy atom. The molecule has 1 heterocycles. The van der Waals surface area contributed by atoms with Gasteiger partial charge in [0.1, 0.15) is 5.69 Å². The average molecular weight is 430 g/mol. The predicted molar refractivity (Wildman–Crippen MR) is 90.2 cm³/mol. The van der Waals surface area contributed by atoms with Crippen LogP contribution in [0, 0.1) is 0 Å². The Morgan fingerprint density at radius 1 is 1.41 bits per heavy atom. The van der Waals surface area contributed by atoms with Crippen molar-refractivity contribution in [3.8, 4) is 0 Å². The summed E-state index contributed by atoms with van der Waals surface area (Å²) >= 11 is 0. The minimum atomic E-state index is -4.49. The molecule has 0 radical (unpaired) electrons. The topological polar surface area (TPSA) is 88.2 Å². The minimum Gasteiger partial charge on any atom is -0.370 e. The highest BCUT2D eigenvalue weighted by Crippen LogP contribution is 2.27. The highest BCUT2D eigenvalue weighted by Gasteiger charge is 2.32. The molecule has 1 rings (SSSR count). The summed E-state index contributed by atoms with van der Waals surface area (Å²) in [5.74, 6) is 0.147. The van der Waals surface area contributed by atoms with Gasteiger partial charge in [0.15, 0.2) is 5.96 Å². The van der Waals surface area contributed by atoms with E-state index in [0.717, 1.165) is 17.8 Å². The van der Waals surface area contributed by atoms with E-state index >= 15 is 0 Å². The van der Waals surface area contributed by atoms with E-state index in [1.54, 1.807) is 0 Å². The van der Waals surface area contributed by atoms with Crippen molar-refractivity contribution in [1.29, 1.82) is 0 Å². The Bertz CT molecular complexity index is 518. The molecule has 22 heavy (non-hydrogen) atoms. The lowest BCUT2D eigenvalue weighted by atomic mass is 10.4. The van der Waals surface area contributed by atoms with E-state index in [1.165, 1.54) is 0 Å². The monoisotopic (exact) mass is 430 g/mol. The van der Waals surface area contributed by atoms with Crippen LogP contribution in [0.4, 0.5) is 19.1 Å². The Labute approximate surface area is 143 Å². The summed E-state index contributed by atoms with van der Waals surface area (Å²) < 4.78 is 37.3. The maximum absolute atomic E-state index is 12.4. The second-order valence-electron chi connectivity index (χ2n) is 4.28. The van der Waals surface area contributed by atoms with Crippen LogP contribution in [0.1, 0.15) is 12.6 Å². The van der Waals surface area contributed by atoms with Crippen molar-refractivity contribution in [2.45, 2.75) is 13.1 Å². The SMILES string of the molecule is C=C(C)CN=C(N)NCCNc1nccc(C(F)(F)F)n1.I. The van der Waals surface area contributed by atoms with Gasteiger partial charge < -0.3 is 16.4 Å². The van der Waals surface area contributed by atoms with Gasteiger partial charge in [0, 0.05) is 19.3 Å². The van der Waals surface area contributed by atoms with Gasteiger partial charge >= 0.3 is 6.18 Å². The molecule has 1 aromatic rings. The molecule has 0 aliphatic rings. The molecule has 0 unspecified atom stereocenters. The molecular formula is C12H18F3IN6. The second-order valence-corrected chi connectivity index (χ2v) is 4.28. The van der Waals surface area contributed by atoms with Gasteiger partial charge in [0.25, 0.3) is 0 Å². The smallest absolute Gasteiger partial charge is 0.370 e. The number of aliphatic imine (C=N–C) groups is 1. The number of hydrogen-bond donors (Lipinski definition) is 3. The fourth-order valence-electron chi connectivity index (χ4n) is 1.24. The maximum atomic E-state index is 12.4. The average Bonchev–Trinajstić information content (AvgIpc) is 2.41. The quantitative estimate of drug-likeness (QED) is 0.211. The molecule has 4 N–H and O–H groups in total. The molecular weight excluding hydrogens is 412 g/mol. The Kier molecular flexibility index (Phi) is 8.75. The zero-order chi connectivity index (χ0) is 15.9. The van der Waals surface area contributed by atoms with Crippen molar-refractivity contribution in [3.05, 3.63) is 30.1 Å². The lowest BCUT2D eigenvalue weighted by molar-refractivity contribution is -0.141. The Hall–Kier alpha value is -1.59. The molecule has 0 amide bonds. The van der Waals surface area contributed by atoms with Crippen molar-refractivity contribution in [2.75, 3.05) is 25.0 Å². The van der Waals surface area contributed by atoms with Crippen molar-refractivity contribution in [2.24, 2.45) is 10.7 Å². The third-order valence-corrected chi connectivity index (χ3v) is 2.18. The summed E-state index contributed by atoms with van der Waals surface area (Å²) in [5, 5.41) is 5.46. The molecule has 1 aromatic heterocycles. The van der Waals surface area contributed by atoms with E-state index in [2.05, 4.69) is 32.2 Å². The van der Waals surface area contributed by atoms with E-state index in [-0.39, 0.29) is 35.9 Å². The van der Waals surface area contributed by atoms with Gasteiger partial charge in [0.05, 0.1) is 6.54 Å². The molecule has 0 aliphatic carbocycles. The number of hydrogen-bond acceptors (Lipinski definition) is 4. The molecule has 0 aromatic carbocycles. The van der Waals surface area contributed by atoms with Gasteiger partial charge in [-0.25, -0.2) is 15.0 Å². The van der Waals surface area contributed by atoms with Crippen LogP contribution in [0.3, 0.4) is 0 Å². The first-order chi connectivity index (χ1) is 9.79. The molecule has 124 valence electrons. The Morgan fingerprint density at radius 3 is 2.68 bits per heavy atom. The number of rotatable bonds is 6. The van der Waals surface area contributed by atoms with E-state index in [4.69, 9.17) is 5.73 Å². The van der Waals surface area contributed by atoms with E-state index in [9.17, 15) is 13.2 Å². The summed E-state index contributed by atoms with van der Waals surface area (Å²) in [6.45, 7) is 6.58. The number of halogens is 4. The molecule has 10 heteroatoms. The third-order valence-electron chi connectivity index (χ3n) is 2.18. The predicted octanol–water partition coefficient (Wildman–Crippen LogP) is 2.01. The van der Waals surface area contributed by atoms with Crippen LogP contribution in [0.25, 0.3) is 0 Å². The van der Waals surface area contributed by atoms with Gasteiger partial charge in [0.2, 0.25) is 5.95 Å². The molecule has 6 nitrogen and oxygen atoms in total. The fourth-order valence-corrected chi connectivity index (χ4v) is 1.24. The van der Waals surface area contributed by atoms with Crippen LogP contribution < -0.4 is 16.4 Å². The third kappa shape index (κ3) is 8.00. The number of aromatic nitrogens is 2. The Balaban J connectivity index is 0.00000441. The first-order valence-electron chi connectivity index (χ1n) is 6.11. The number of nitrogens with two attached hydrogens (primary N) is 1. The van der Waals surface area contributed by atoms with Crippen LogP contribution in [-0.4, -0.2) is 35.6 Å². The molecule has 0 atom stereocenters. The van der Waals surface area contributed by atoms with Crippen molar-refractivity contribution < 1.29 is 13.2 Å². The standard InChI is InChI=1S/C12H17F3N6.HI/c1-8(2)7-20-10(16)17-5-6-19-11-18-4-3-9(21-11)12(13,14)15;/h3-4H,1,5-7H2,2H3,(H3,16,17,20)(H,18,19,21);1H. The molecule has 0 fully saturated rings.